The van der Waals surface area contributed by atoms with E-state index in [4.69, 9.17) is 4.98 Å². The molecule has 2 N–H and O–H groups in total. The van der Waals surface area contributed by atoms with Crippen molar-refractivity contribution >= 4 is 16.9 Å². The zero-order valence-electron chi connectivity index (χ0n) is 14.2. The molecule has 2 unspecified atom stereocenters. The van der Waals surface area contributed by atoms with Crippen LogP contribution >= 0.6 is 0 Å². The van der Waals surface area contributed by atoms with E-state index in [0.717, 1.165) is 42.8 Å². The van der Waals surface area contributed by atoms with Crippen molar-refractivity contribution < 1.29 is 4.79 Å². The summed E-state index contributed by atoms with van der Waals surface area (Å²) >= 11 is 0. The third kappa shape index (κ3) is 3.24. The van der Waals surface area contributed by atoms with Gasteiger partial charge in [0.15, 0.2) is 0 Å². The summed E-state index contributed by atoms with van der Waals surface area (Å²) in [5.74, 6) is 1.13. The van der Waals surface area contributed by atoms with Crippen LogP contribution in [0.25, 0.3) is 11.0 Å². The third-order valence-corrected chi connectivity index (χ3v) is 4.55. The Balaban J connectivity index is 1.84. The topological polar surface area (TPSA) is 59.0 Å². The Kier molecular flexibility index (Phi) is 4.66. The quantitative estimate of drug-likeness (QED) is 0.912. The summed E-state index contributed by atoms with van der Waals surface area (Å²) in [6.07, 6.45) is 2.03. The number of nitrogens with zero attached hydrogens (tertiary/aromatic N) is 2. The van der Waals surface area contributed by atoms with Crippen LogP contribution in [-0.2, 0) is 4.79 Å². The number of benzene rings is 1. The van der Waals surface area contributed by atoms with E-state index in [9.17, 15) is 4.79 Å². The van der Waals surface area contributed by atoms with E-state index < -0.39 is 0 Å². The van der Waals surface area contributed by atoms with Gasteiger partial charge in [-0.1, -0.05) is 12.1 Å². The second kappa shape index (κ2) is 6.71. The Morgan fingerprint density at radius 1 is 1.35 bits per heavy atom. The molecule has 1 aliphatic rings. The minimum absolute atomic E-state index is 0.0723. The number of imidazole rings is 1. The van der Waals surface area contributed by atoms with Crippen LogP contribution in [0.2, 0.25) is 0 Å². The van der Waals surface area contributed by atoms with Gasteiger partial charge >= 0.3 is 0 Å². The average molecular weight is 314 g/mol. The zero-order chi connectivity index (χ0) is 16.4. The SMILES string of the molecule is CC(NC(=O)C1CCCNC1)c1nc2ccccc2n1C(C)C. The number of fused-ring (bicyclic) bond motifs is 1. The molecule has 0 bridgehead atoms. The first kappa shape index (κ1) is 16.0. The van der Waals surface area contributed by atoms with Crippen LogP contribution in [0.5, 0.6) is 0 Å². The third-order valence-electron chi connectivity index (χ3n) is 4.55. The molecule has 1 aliphatic heterocycles. The highest BCUT2D eigenvalue weighted by Crippen LogP contribution is 2.25. The molecule has 0 radical (unpaired) electrons. The summed E-state index contributed by atoms with van der Waals surface area (Å²) in [5, 5.41) is 6.46. The standard InChI is InChI=1S/C18H26N4O/c1-12(2)22-16-9-5-4-8-15(16)21-17(22)13(3)20-18(23)14-7-6-10-19-11-14/h4-5,8-9,12-14,19H,6-7,10-11H2,1-3H3,(H,20,23). The smallest absolute Gasteiger partial charge is 0.224 e. The molecule has 1 fully saturated rings. The normalized spacial score (nSPS) is 19.9. The van der Waals surface area contributed by atoms with E-state index >= 15 is 0 Å². The van der Waals surface area contributed by atoms with Crippen molar-refractivity contribution in [1.29, 1.82) is 0 Å². The van der Waals surface area contributed by atoms with Crippen molar-refractivity contribution in [3.05, 3.63) is 30.1 Å². The highest BCUT2D eigenvalue weighted by Gasteiger charge is 2.25. The van der Waals surface area contributed by atoms with Gasteiger partial charge in [0, 0.05) is 12.6 Å². The van der Waals surface area contributed by atoms with Crippen LogP contribution < -0.4 is 10.6 Å². The molecule has 0 spiro atoms. The van der Waals surface area contributed by atoms with E-state index in [1.54, 1.807) is 0 Å². The van der Waals surface area contributed by atoms with E-state index in [-0.39, 0.29) is 17.9 Å². The minimum atomic E-state index is -0.0979. The monoisotopic (exact) mass is 314 g/mol. The molecule has 5 nitrogen and oxygen atoms in total. The van der Waals surface area contributed by atoms with Crippen molar-refractivity contribution in [2.24, 2.45) is 5.92 Å². The summed E-state index contributed by atoms with van der Waals surface area (Å²) in [5.41, 5.74) is 2.11. The summed E-state index contributed by atoms with van der Waals surface area (Å²) < 4.78 is 2.22. The first-order valence-electron chi connectivity index (χ1n) is 8.56. The fraction of sp³-hybridized carbons (Fsp3) is 0.556. The summed E-state index contributed by atoms with van der Waals surface area (Å²) in [4.78, 5) is 17.3. The molecular formula is C18H26N4O. The number of piperidine rings is 1. The Bertz CT molecular complexity index is 685. The second-order valence-electron chi connectivity index (χ2n) is 6.70. The lowest BCUT2D eigenvalue weighted by Crippen LogP contribution is -2.41. The molecule has 5 heteroatoms. The summed E-state index contributed by atoms with van der Waals surface area (Å²) in [6, 6.07) is 8.35. The molecule has 1 aromatic carbocycles. The number of carbonyl (C=O) groups is 1. The molecule has 124 valence electrons. The van der Waals surface area contributed by atoms with Crippen molar-refractivity contribution in [2.45, 2.75) is 45.7 Å². The molecule has 2 atom stereocenters. The van der Waals surface area contributed by atoms with Gasteiger partial charge in [0.1, 0.15) is 5.82 Å². The van der Waals surface area contributed by atoms with Crippen molar-refractivity contribution in [1.82, 2.24) is 20.2 Å². The second-order valence-corrected chi connectivity index (χ2v) is 6.70. The number of nitrogens with one attached hydrogen (secondary N) is 2. The molecule has 1 saturated heterocycles. The highest BCUT2D eigenvalue weighted by molar-refractivity contribution is 5.80. The number of amides is 1. The van der Waals surface area contributed by atoms with Crippen LogP contribution in [0.4, 0.5) is 0 Å². The van der Waals surface area contributed by atoms with Crippen molar-refractivity contribution in [2.75, 3.05) is 13.1 Å². The average Bonchev–Trinajstić information content (AvgIpc) is 2.95. The fourth-order valence-electron chi connectivity index (χ4n) is 3.38. The minimum Gasteiger partial charge on any atom is -0.346 e. The van der Waals surface area contributed by atoms with Crippen LogP contribution in [0.3, 0.4) is 0 Å². The number of rotatable bonds is 4. The van der Waals surface area contributed by atoms with Gasteiger partial charge in [-0.15, -0.1) is 0 Å². The molecule has 3 rings (SSSR count). The van der Waals surface area contributed by atoms with Gasteiger partial charge in [0.05, 0.1) is 23.0 Å². The first-order chi connectivity index (χ1) is 11.1. The Morgan fingerprint density at radius 3 is 2.83 bits per heavy atom. The number of carbonyl (C=O) groups excluding carboxylic acids is 1. The van der Waals surface area contributed by atoms with Gasteiger partial charge < -0.3 is 15.2 Å². The number of hydrogen-bond acceptors (Lipinski definition) is 3. The molecule has 2 heterocycles. The maximum absolute atomic E-state index is 12.5. The molecule has 1 aromatic heterocycles. The molecule has 2 aromatic rings. The lowest BCUT2D eigenvalue weighted by molar-refractivity contribution is -0.126. The molecule has 0 aliphatic carbocycles. The Morgan fingerprint density at radius 2 is 2.13 bits per heavy atom. The first-order valence-corrected chi connectivity index (χ1v) is 8.56. The largest absolute Gasteiger partial charge is 0.346 e. The maximum Gasteiger partial charge on any atom is 0.224 e. The number of para-hydroxylation sites is 2. The van der Waals surface area contributed by atoms with E-state index in [1.165, 1.54) is 0 Å². The molecule has 1 amide bonds. The van der Waals surface area contributed by atoms with Gasteiger partial charge in [-0.25, -0.2) is 4.98 Å². The predicted molar refractivity (Wildman–Crippen MR) is 92.3 cm³/mol. The van der Waals surface area contributed by atoms with Crippen LogP contribution in [0.15, 0.2) is 24.3 Å². The predicted octanol–water partition coefficient (Wildman–Crippen LogP) is 2.79. The van der Waals surface area contributed by atoms with Gasteiger partial charge in [0.2, 0.25) is 5.91 Å². The summed E-state index contributed by atoms with van der Waals surface area (Å²) in [7, 11) is 0. The van der Waals surface area contributed by atoms with Crippen LogP contribution in [-0.4, -0.2) is 28.5 Å². The van der Waals surface area contributed by atoms with Crippen LogP contribution in [0, 0.1) is 5.92 Å². The van der Waals surface area contributed by atoms with Crippen molar-refractivity contribution in [3.8, 4) is 0 Å². The van der Waals surface area contributed by atoms with E-state index in [1.807, 2.05) is 25.1 Å². The van der Waals surface area contributed by atoms with Gasteiger partial charge in [0.25, 0.3) is 0 Å². The number of aromatic nitrogens is 2. The Hall–Kier alpha value is -1.88. The molecule has 0 saturated carbocycles. The van der Waals surface area contributed by atoms with Gasteiger partial charge in [-0.05, 0) is 52.3 Å². The number of hydrogen-bond donors (Lipinski definition) is 2. The highest BCUT2D eigenvalue weighted by atomic mass is 16.2. The van der Waals surface area contributed by atoms with Gasteiger partial charge in [-0.3, -0.25) is 4.79 Å². The van der Waals surface area contributed by atoms with Gasteiger partial charge in [-0.2, -0.15) is 0 Å². The zero-order valence-corrected chi connectivity index (χ0v) is 14.2. The van der Waals surface area contributed by atoms with E-state index in [2.05, 4.69) is 35.1 Å². The van der Waals surface area contributed by atoms with Crippen LogP contribution in [0.1, 0.15) is 51.5 Å². The fourth-order valence-corrected chi connectivity index (χ4v) is 3.38. The lowest BCUT2D eigenvalue weighted by Gasteiger charge is -2.24. The lowest BCUT2D eigenvalue weighted by atomic mass is 9.98. The maximum atomic E-state index is 12.5. The van der Waals surface area contributed by atoms with E-state index in [0.29, 0.717) is 6.04 Å². The Labute approximate surface area is 137 Å². The molecular weight excluding hydrogens is 288 g/mol. The van der Waals surface area contributed by atoms with Crippen molar-refractivity contribution in [3.63, 3.8) is 0 Å². The summed E-state index contributed by atoms with van der Waals surface area (Å²) in [6.45, 7) is 8.12. The molecule has 23 heavy (non-hydrogen) atoms.